The molecule has 1 aromatic rings. The first-order valence-electron chi connectivity index (χ1n) is 10.6. The summed E-state index contributed by atoms with van der Waals surface area (Å²) in [5.74, 6) is -3.55. The molecule has 3 saturated heterocycles. The Morgan fingerprint density at radius 1 is 1.00 bits per heavy atom. The number of esters is 1. The zero-order valence-electron chi connectivity index (χ0n) is 18.8. The van der Waals surface area contributed by atoms with Crippen LogP contribution in [-0.4, -0.2) is 92.2 Å². The van der Waals surface area contributed by atoms with Crippen LogP contribution in [0.15, 0.2) is 30.3 Å². The molecule has 1 aromatic carbocycles. The SMILES string of the molecule is COC1(OC)C[C@H]2C(=O)N3C[C@@H](OC(=O)[C@@](OC)(c4ccccc4)C(F)(F)F)C[C@H]3C(=O)N2C1. The van der Waals surface area contributed by atoms with Crippen molar-refractivity contribution >= 4 is 17.8 Å². The number of benzene rings is 1. The zero-order chi connectivity index (χ0) is 24.9. The number of alkyl halides is 3. The summed E-state index contributed by atoms with van der Waals surface area (Å²) in [4.78, 5) is 41.7. The van der Waals surface area contributed by atoms with E-state index < -0.39 is 59.1 Å². The van der Waals surface area contributed by atoms with Crippen molar-refractivity contribution in [2.45, 2.75) is 48.6 Å². The predicted octanol–water partition coefficient (Wildman–Crippen LogP) is 1.21. The van der Waals surface area contributed by atoms with Crippen LogP contribution >= 0.6 is 0 Å². The minimum Gasteiger partial charge on any atom is -0.458 e. The van der Waals surface area contributed by atoms with E-state index in [1.54, 1.807) is 0 Å². The normalized spacial score (nSPS) is 27.9. The molecule has 34 heavy (non-hydrogen) atoms. The number of carbonyl (C=O) groups is 3. The average Bonchev–Trinajstić information content (AvgIpc) is 3.41. The van der Waals surface area contributed by atoms with E-state index in [1.807, 2.05) is 0 Å². The fourth-order valence-corrected chi connectivity index (χ4v) is 5.03. The van der Waals surface area contributed by atoms with E-state index in [9.17, 15) is 27.6 Å². The Morgan fingerprint density at radius 3 is 2.18 bits per heavy atom. The van der Waals surface area contributed by atoms with Crippen molar-refractivity contribution in [3.8, 4) is 0 Å². The van der Waals surface area contributed by atoms with Crippen molar-refractivity contribution < 1.29 is 46.5 Å². The Morgan fingerprint density at radius 2 is 1.62 bits per heavy atom. The van der Waals surface area contributed by atoms with Gasteiger partial charge in [-0.1, -0.05) is 30.3 Å². The van der Waals surface area contributed by atoms with E-state index in [0.29, 0.717) is 0 Å². The summed E-state index contributed by atoms with van der Waals surface area (Å²) in [6.45, 7) is -0.163. The van der Waals surface area contributed by atoms with Crippen molar-refractivity contribution in [2.24, 2.45) is 0 Å². The lowest BCUT2D eigenvalue weighted by Crippen LogP contribution is -2.60. The number of hydrogen-bond acceptors (Lipinski definition) is 7. The highest BCUT2D eigenvalue weighted by atomic mass is 19.4. The van der Waals surface area contributed by atoms with Crippen LogP contribution in [0.4, 0.5) is 13.2 Å². The molecular weight excluding hydrogens is 461 g/mol. The van der Waals surface area contributed by atoms with E-state index in [4.69, 9.17) is 18.9 Å². The summed E-state index contributed by atoms with van der Waals surface area (Å²) in [6, 6.07) is 4.67. The van der Waals surface area contributed by atoms with Crippen LogP contribution in [0.3, 0.4) is 0 Å². The number of amides is 2. The quantitative estimate of drug-likeness (QED) is 0.441. The number of methoxy groups -OCH3 is 3. The smallest absolute Gasteiger partial charge is 0.432 e. The van der Waals surface area contributed by atoms with E-state index >= 15 is 0 Å². The van der Waals surface area contributed by atoms with Crippen LogP contribution in [0.2, 0.25) is 0 Å². The van der Waals surface area contributed by atoms with Gasteiger partial charge in [-0.05, 0) is 0 Å². The third kappa shape index (κ3) is 3.55. The van der Waals surface area contributed by atoms with Crippen molar-refractivity contribution in [2.75, 3.05) is 34.4 Å². The Labute approximate surface area is 193 Å². The number of ether oxygens (including phenoxy) is 4. The van der Waals surface area contributed by atoms with Gasteiger partial charge in [0.25, 0.3) is 5.60 Å². The van der Waals surface area contributed by atoms with Crippen LogP contribution in [-0.2, 0) is 38.9 Å². The van der Waals surface area contributed by atoms with E-state index in [-0.39, 0.29) is 25.9 Å². The highest BCUT2D eigenvalue weighted by molar-refractivity contribution is 5.98. The van der Waals surface area contributed by atoms with Gasteiger partial charge in [0.15, 0.2) is 5.79 Å². The predicted molar refractivity (Wildman–Crippen MR) is 108 cm³/mol. The molecule has 4 rings (SSSR count). The Bertz CT molecular complexity index is 935. The number of piperazine rings is 1. The van der Waals surface area contributed by atoms with Gasteiger partial charge in [0.05, 0.1) is 13.1 Å². The lowest BCUT2D eigenvalue weighted by atomic mass is 9.92. The first kappa shape index (κ1) is 24.4. The molecule has 0 saturated carbocycles. The van der Waals surface area contributed by atoms with Crippen LogP contribution < -0.4 is 0 Å². The van der Waals surface area contributed by atoms with Crippen LogP contribution in [0.5, 0.6) is 0 Å². The topological polar surface area (TPSA) is 94.6 Å². The summed E-state index contributed by atoms with van der Waals surface area (Å²) >= 11 is 0. The molecule has 3 aliphatic rings. The molecule has 3 fully saturated rings. The first-order chi connectivity index (χ1) is 16.0. The number of carbonyl (C=O) groups excluding carboxylic acids is 3. The number of rotatable bonds is 6. The molecule has 0 bridgehead atoms. The standard InChI is InChI=1S/C22H25F3N2O7/c1-31-20(32-2)10-16-18(29)26-11-14(9-15(26)17(28)27(16)12-20)34-19(30)21(33-3,22(23,24)25)13-7-5-4-6-8-13/h4-8,14-16H,9-12H2,1-3H3/t14-,15-,16-,21-/m0/s1. The molecular formula is C22H25F3N2O7. The van der Waals surface area contributed by atoms with Gasteiger partial charge in [0.2, 0.25) is 11.8 Å². The second kappa shape index (κ2) is 8.51. The van der Waals surface area contributed by atoms with E-state index in [1.165, 1.54) is 42.2 Å². The molecule has 0 spiro atoms. The molecule has 0 N–H and O–H groups in total. The molecule has 0 radical (unpaired) electrons. The summed E-state index contributed by atoms with van der Waals surface area (Å²) in [5, 5.41) is 0. The van der Waals surface area contributed by atoms with Gasteiger partial charge >= 0.3 is 12.1 Å². The van der Waals surface area contributed by atoms with Gasteiger partial charge in [-0.2, -0.15) is 13.2 Å². The van der Waals surface area contributed by atoms with Crippen molar-refractivity contribution in [3.05, 3.63) is 35.9 Å². The summed E-state index contributed by atoms with van der Waals surface area (Å²) < 4.78 is 63.1. The molecule has 0 aromatic heterocycles. The van der Waals surface area contributed by atoms with Crippen LogP contribution in [0.25, 0.3) is 0 Å². The van der Waals surface area contributed by atoms with Crippen LogP contribution in [0, 0.1) is 0 Å². The Kier molecular flexibility index (Phi) is 6.11. The molecule has 0 unspecified atom stereocenters. The molecule has 3 heterocycles. The molecule has 9 nitrogen and oxygen atoms in total. The summed E-state index contributed by atoms with van der Waals surface area (Å²) in [5.41, 5.74) is -3.78. The zero-order valence-corrected chi connectivity index (χ0v) is 18.8. The van der Waals surface area contributed by atoms with Crippen molar-refractivity contribution in [3.63, 3.8) is 0 Å². The minimum atomic E-state index is -5.12. The lowest BCUT2D eigenvalue weighted by Gasteiger charge is -2.37. The fraction of sp³-hybridized carbons (Fsp3) is 0.591. The maximum Gasteiger partial charge on any atom is 0.432 e. The maximum absolute atomic E-state index is 14.1. The van der Waals surface area contributed by atoms with E-state index in [2.05, 4.69) is 0 Å². The summed E-state index contributed by atoms with van der Waals surface area (Å²) in [6.07, 6.45) is -6.24. The fourth-order valence-electron chi connectivity index (χ4n) is 5.03. The largest absolute Gasteiger partial charge is 0.458 e. The molecule has 12 heteroatoms. The number of halogens is 3. The lowest BCUT2D eigenvalue weighted by molar-refractivity contribution is -0.278. The number of fused-ring (bicyclic) bond motifs is 2. The summed E-state index contributed by atoms with van der Waals surface area (Å²) in [7, 11) is 3.62. The monoisotopic (exact) mass is 486 g/mol. The van der Waals surface area contributed by atoms with Crippen LogP contribution in [0.1, 0.15) is 18.4 Å². The first-order valence-corrected chi connectivity index (χ1v) is 10.6. The number of nitrogens with zero attached hydrogens (tertiary/aromatic N) is 2. The van der Waals surface area contributed by atoms with Gasteiger partial charge in [-0.25, -0.2) is 4.79 Å². The van der Waals surface area contributed by atoms with Gasteiger partial charge in [0.1, 0.15) is 18.2 Å². The third-order valence-electron chi connectivity index (χ3n) is 6.88. The van der Waals surface area contributed by atoms with Gasteiger partial charge in [0, 0.05) is 39.7 Å². The minimum absolute atomic E-state index is 0.0406. The van der Waals surface area contributed by atoms with Gasteiger partial charge in [-0.3, -0.25) is 9.59 Å². The Hall–Kier alpha value is -2.70. The second-order valence-corrected chi connectivity index (χ2v) is 8.52. The highest BCUT2D eigenvalue weighted by Crippen LogP contribution is 2.44. The number of hydrogen-bond donors (Lipinski definition) is 0. The molecule has 0 aliphatic carbocycles. The highest BCUT2D eigenvalue weighted by Gasteiger charge is 2.65. The van der Waals surface area contributed by atoms with E-state index in [0.717, 1.165) is 19.2 Å². The molecule has 4 atom stereocenters. The van der Waals surface area contributed by atoms with Gasteiger partial charge < -0.3 is 28.7 Å². The maximum atomic E-state index is 14.1. The average molecular weight is 486 g/mol. The van der Waals surface area contributed by atoms with Crippen molar-refractivity contribution in [1.29, 1.82) is 0 Å². The van der Waals surface area contributed by atoms with Gasteiger partial charge in [-0.15, -0.1) is 0 Å². The third-order valence-corrected chi connectivity index (χ3v) is 6.88. The Balaban J connectivity index is 1.55. The molecule has 2 amide bonds. The molecule has 186 valence electrons. The second-order valence-electron chi connectivity index (χ2n) is 8.52. The van der Waals surface area contributed by atoms with Crippen molar-refractivity contribution in [1.82, 2.24) is 9.80 Å². The molecule has 3 aliphatic heterocycles.